The van der Waals surface area contributed by atoms with E-state index in [0.29, 0.717) is 19.6 Å². The number of nitrogens with zero attached hydrogens (tertiary/aromatic N) is 1. The van der Waals surface area contributed by atoms with E-state index < -0.39 is 6.10 Å². The molecule has 1 amide bonds. The van der Waals surface area contributed by atoms with Crippen LogP contribution in [0.25, 0.3) is 0 Å². The average molecular weight is 247 g/mol. The Morgan fingerprint density at radius 3 is 2.76 bits per heavy atom. The van der Waals surface area contributed by atoms with Crippen molar-refractivity contribution in [1.29, 1.82) is 0 Å². The average Bonchev–Trinajstić information content (AvgIpc) is 2.28. The number of likely N-dealkylation sites (N-methyl/N-ethyl adjacent to an activating group) is 1. The fourth-order valence-electron chi connectivity index (χ4n) is 1.61. The van der Waals surface area contributed by atoms with E-state index >= 15 is 0 Å². The molecule has 6 nitrogen and oxygen atoms in total. The van der Waals surface area contributed by atoms with Gasteiger partial charge in [-0.1, -0.05) is 6.42 Å². The van der Waals surface area contributed by atoms with E-state index in [-0.39, 0.29) is 5.91 Å². The molecule has 1 unspecified atom stereocenters. The van der Waals surface area contributed by atoms with Gasteiger partial charge in [-0.3, -0.25) is 10.2 Å². The van der Waals surface area contributed by atoms with Crippen LogP contribution in [0.2, 0.25) is 0 Å². The molecule has 0 aromatic carbocycles. The van der Waals surface area contributed by atoms with Crippen LogP contribution in [-0.2, 0) is 9.53 Å². The zero-order valence-corrected chi connectivity index (χ0v) is 10.8. The van der Waals surface area contributed by atoms with Crippen molar-refractivity contribution >= 4 is 5.91 Å². The number of aliphatic hydroxyl groups is 1. The zero-order valence-electron chi connectivity index (χ0n) is 10.8. The molecule has 4 N–H and O–H groups in total. The molecular weight excluding hydrogens is 222 g/mol. The van der Waals surface area contributed by atoms with Gasteiger partial charge >= 0.3 is 0 Å². The number of hydrogen-bond acceptors (Lipinski definition) is 5. The van der Waals surface area contributed by atoms with Crippen LogP contribution in [0.5, 0.6) is 0 Å². The quantitative estimate of drug-likeness (QED) is 0.209. The monoisotopic (exact) mass is 247 g/mol. The Balaban J connectivity index is 3.38. The van der Waals surface area contributed by atoms with Crippen LogP contribution in [-0.4, -0.2) is 55.9 Å². The van der Waals surface area contributed by atoms with Gasteiger partial charge in [0.1, 0.15) is 0 Å². The fraction of sp³-hybridized carbons (Fsp3) is 0.909. The maximum Gasteiger partial charge on any atom is 0.233 e. The van der Waals surface area contributed by atoms with Crippen molar-refractivity contribution in [3.63, 3.8) is 0 Å². The molecule has 0 aliphatic heterocycles. The van der Waals surface area contributed by atoms with Crippen molar-refractivity contribution in [2.45, 2.75) is 31.8 Å². The highest BCUT2D eigenvalue weighted by atomic mass is 16.5. The van der Waals surface area contributed by atoms with Crippen LogP contribution in [0.15, 0.2) is 0 Å². The minimum atomic E-state index is -0.437. The highest BCUT2D eigenvalue weighted by Crippen LogP contribution is 2.01. The van der Waals surface area contributed by atoms with Gasteiger partial charge in [-0.2, -0.15) is 0 Å². The molecule has 1 atom stereocenters. The number of methoxy groups -OCH3 is 1. The van der Waals surface area contributed by atoms with Gasteiger partial charge in [-0.25, -0.2) is 5.84 Å². The highest BCUT2D eigenvalue weighted by Gasteiger charge is 2.07. The summed E-state index contributed by atoms with van der Waals surface area (Å²) < 4.78 is 4.85. The summed E-state index contributed by atoms with van der Waals surface area (Å²) in [5.74, 6) is 4.85. The van der Waals surface area contributed by atoms with E-state index in [2.05, 4.69) is 10.3 Å². The number of nitrogens with one attached hydrogen (secondary N) is 1. The lowest BCUT2D eigenvalue weighted by atomic mass is 10.2. The smallest absolute Gasteiger partial charge is 0.233 e. The minimum absolute atomic E-state index is 0.117. The molecule has 0 fully saturated rings. The molecule has 0 saturated carbocycles. The Bertz CT molecular complexity index is 202. The van der Waals surface area contributed by atoms with E-state index in [1.165, 1.54) is 0 Å². The van der Waals surface area contributed by atoms with Crippen molar-refractivity contribution in [2.75, 3.05) is 33.9 Å². The maximum absolute atomic E-state index is 10.8. The number of aliphatic hydroxyl groups excluding tert-OH is 1. The topological polar surface area (TPSA) is 87.8 Å². The molecular formula is C11H25N3O3. The standard InChI is InChI=1S/C11H25N3O3/c1-14(8-10(15)9-17-2)7-5-3-4-6-11(16)13-12/h10,15H,3-9,12H2,1-2H3,(H,13,16). The van der Waals surface area contributed by atoms with Gasteiger partial charge in [0, 0.05) is 20.1 Å². The zero-order chi connectivity index (χ0) is 13.1. The molecule has 0 aliphatic rings. The first-order valence-corrected chi connectivity index (χ1v) is 5.95. The number of hydrazine groups is 1. The van der Waals surface area contributed by atoms with E-state index in [1.807, 2.05) is 7.05 Å². The van der Waals surface area contributed by atoms with Crippen LogP contribution in [0, 0.1) is 0 Å². The van der Waals surface area contributed by atoms with Crippen molar-refractivity contribution < 1.29 is 14.6 Å². The van der Waals surface area contributed by atoms with Gasteiger partial charge in [0.25, 0.3) is 0 Å². The van der Waals surface area contributed by atoms with E-state index in [1.54, 1.807) is 7.11 Å². The van der Waals surface area contributed by atoms with Crippen molar-refractivity contribution in [3.8, 4) is 0 Å². The number of unbranched alkanes of at least 4 members (excludes halogenated alkanes) is 2. The first kappa shape index (κ1) is 16.3. The number of ether oxygens (including phenoxy) is 1. The summed E-state index contributed by atoms with van der Waals surface area (Å²) in [7, 11) is 3.54. The Morgan fingerprint density at radius 2 is 2.18 bits per heavy atom. The highest BCUT2D eigenvalue weighted by molar-refractivity contribution is 5.74. The molecule has 0 aliphatic carbocycles. The third-order valence-electron chi connectivity index (χ3n) is 2.49. The van der Waals surface area contributed by atoms with Crippen molar-refractivity contribution in [1.82, 2.24) is 10.3 Å². The second-order valence-corrected chi connectivity index (χ2v) is 4.25. The van der Waals surface area contributed by atoms with Crippen molar-refractivity contribution in [3.05, 3.63) is 0 Å². The van der Waals surface area contributed by atoms with Gasteiger partial charge < -0.3 is 14.7 Å². The van der Waals surface area contributed by atoms with Gasteiger partial charge in [0.05, 0.1) is 12.7 Å². The van der Waals surface area contributed by atoms with E-state index in [0.717, 1.165) is 25.8 Å². The number of nitrogens with two attached hydrogens (primary N) is 1. The van der Waals surface area contributed by atoms with Gasteiger partial charge in [-0.15, -0.1) is 0 Å². The summed E-state index contributed by atoms with van der Waals surface area (Å²) in [5, 5.41) is 9.49. The van der Waals surface area contributed by atoms with Crippen LogP contribution < -0.4 is 11.3 Å². The van der Waals surface area contributed by atoms with Crippen LogP contribution >= 0.6 is 0 Å². The number of rotatable bonds is 10. The summed E-state index contributed by atoms with van der Waals surface area (Å²) in [6, 6.07) is 0. The SMILES string of the molecule is COCC(O)CN(C)CCCCCC(=O)NN. The maximum atomic E-state index is 10.8. The van der Waals surface area contributed by atoms with E-state index in [4.69, 9.17) is 10.6 Å². The fourth-order valence-corrected chi connectivity index (χ4v) is 1.61. The third kappa shape index (κ3) is 10.2. The number of carbonyl (C=O) groups is 1. The second-order valence-electron chi connectivity index (χ2n) is 4.25. The predicted molar refractivity (Wildman–Crippen MR) is 66.2 cm³/mol. The van der Waals surface area contributed by atoms with Crippen LogP contribution in [0.3, 0.4) is 0 Å². The minimum Gasteiger partial charge on any atom is -0.389 e. The lowest BCUT2D eigenvalue weighted by molar-refractivity contribution is -0.121. The van der Waals surface area contributed by atoms with E-state index in [9.17, 15) is 9.90 Å². The Labute approximate surface area is 103 Å². The lowest BCUT2D eigenvalue weighted by Gasteiger charge is -2.19. The molecule has 0 rings (SSSR count). The van der Waals surface area contributed by atoms with Crippen LogP contribution in [0.1, 0.15) is 25.7 Å². The molecule has 0 spiro atoms. The number of carbonyl (C=O) groups excluding carboxylic acids is 1. The second kappa shape index (κ2) is 10.5. The summed E-state index contributed by atoms with van der Waals surface area (Å²) in [6.07, 6.45) is 2.88. The summed E-state index contributed by atoms with van der Waals surface area (Å²) >= 11 is 0. The summed E-state index contributed by atoms with van der Waals surface area (Å²) in [4.78, 5) is 12.9. The normalized spacial score (nSPS) is 12.8. The van der Waals surface area contributed by atoms with Gasteiger partial charge in [-0.05, 0) is 26.4 Å². The number of hydrogen-bond donors (Lipinski definition) is 3. The van der Waals surface area contributed by atoms with Gasteiger partial charge in [0.15, 0.2) is 0 Å². The Hall–Kier alpha value is -0.690. The third-order valence-corrected chi connectivity index (χ3v) is 2.49. The largest absolute Gasteiger partial charge is 0.389 e. The molecule has 17 heavy (non-hydrogen) atoms. The number of amides is 1. The molecule has 0 aromatic heterocycles. The summed E-state index contributed by atoms with van der Waals surface area (Å²) in [6.45, 7) is 1.88. The molecule has 0 bridgehead atoms. The lowest BCUT2D eigenvalue weighted by Crippen LogP contribution is -2.32. The molecule has 6 heteroatoms. The molecule has 0 saturated heterocycles. The molecule has 0 radical (unpaired) electrons. The predicted octanol–water partition coefficient (Wildman–Crippen LogP) is -0.524. The van der Waals surface area contributed by atoms with Gasteiger partial charge in [0.2, 0.25) is 5.91 Å². The molecule has 0 heterocycles. The summed E-state index contributed by atoms with van der Waals surface area (Å²) in [5.41, 5.74) is 2.11. The molecule has 102 valence electrons. The Kier molecular flexibility index (Phi) is 10.0. The van der Waals surface area contributed by atoms with Crippen LogP contribution in [0.4, 0.5) is 0 Å². The first-order valence-electron chi connectivity index (χ1n) is 5.95. The Morgan fingerprint density at radius 1 is 1.47 bits per heavy atom. The van der Waals surface area contributed by atoms with Crippen molar-refractivity contribution in [2.24, 2.45) is 5.84 Å². The molecule has 0 aromatic rings. The first-order chi connectivity index (χ1) is 8.10.